The first-order valence-corrected chi connectivity index (χ1v) is 8.84. The van der Waals surface area contributed by atoms with E-state index in [1.165, 1.54) is 6.07 Å². The van der Waals surface area contributed by atoms with E-state index in [2.05, 4.69) is 4.90 Å². The summed E-state index contributed by atoms with van der Waals surface area (Å²) in [5.74, 6) is -0.141. The second kappa shape index (κ2) is 10.4. The van der Waals surface area contributed by atoms with E-state index in [0.29, 0.717) is 12.3 Å². The van der Waals surface area contributed by atoms with Crippen molar-refractivity contribution in [1.29, 1.82) is 0 Å². The third-order valence-electron chi connectivity index (χ3n) is 4.58. The summed E-state index contributed by atoms with van der Waals surface area (Å²) in [5.41, 5.74) is 0.873. The summed E-state index contributed by atoms with van der Waals surface area (Å²) >= 11 is 0. The lowest BCUT2D eigenvalue weighted by Gasteiger charge is -2.36. The highest BCUT2D eigenvalue weighted by atomic mass is 35.5. The van der Waals surface area contributed by atoms with E-state index >= 15 is 0 Å². The number of halogens is 1. The van der Waals surface area contributed by atoms with Crippen LogP contribution in [-0.4, -0.2) is 64.6 Å². The van der Waals surface area contributed by atoms with Gasteiger partial charge in [0.15, 0.2) is 0 Å². The molecule has 0 bridgehead atoms. The molecule has 1 aliphatic rings. The van der Waals surface area contributed by atoms with Crippen LogP contribution >= 0.6 is 12.4 Å². The summed E-state index contributed by atoms with van der Waals surface area (Å²) < 4.78 is 5.80. The van der Waals surface area contributed by atoms with Gasteiger partial charge in [-0.25, -0.2) is 0 Å². The Bertz CT molecular complexity index is 648. The molecule has 2 rings (SSSR count). The molecular weight excluding hydrogens is 374 g/mol. The number of nitrogens with zero attached hydrogens (tertiary/aromatic N) is 3. The van der Waals surface area contributed by atoms with Gasteiger partial charge in [-0.1, -0.05) is 0 Å². The zero-order valence-electron chi connectivity index (χ0n) is 16.0. The molecule has 152 valence electrons. The van der Waals surface area contributed by atoms with Crippen molar-refractivity contribution in [1.82, 2.24) is 9.80 Å². The van der Waals surface area contributed by atoms with Crippen LogP contribution < -0.4 is 4.74 Å². The summed E-state index contributed by atoms with van der Waals surface area (Å²) in [7, 11) is 1.84. The van der Waals surface area contributed by atoms with Crippen LogP contribution in [-0.2, 0) is 11.3 Å². The maximum absolute atomic E-state index is 11.1. The molecule has 8 nitrogen and oxygen atoms in total. The second-order valence-electron chi connectivity index (χ2n) is 7.03. The van der Waals surface area contributed by atoms with Crippen molar-refractivity contribution in [2.45, 2.75) is 45.4 Å². The first kappa shape index (κ1) is 23.1. The Balaban J connectivity index is 0.00000364. The Kier molecular flexibility index (Phi) is 8.95. The van der Waals surface area contributed by atoms with Crippen molar-refractivity contribution in [2.24, 2.45) is 0 Å². The quantitative estimate of drug-likeness (QED) is 0.528. The maximum atomic E-state index is 11.1. The molecule has 27 heavy (non-hydrogen) atoms. The van der Waals surface area contributed by atoms with Crippen LogP contribution in [0.15, 0.2) is 18.2 Å². The molecule has 0 unspecified atom stereocenters. The van der Waals surface area contributed by atoms with E-state index in [-0.39, 0.29) is 36.8 Å². The highest BCUT2D eigenvalue weighted by molar-refractivity contribution is 5.85. The Morgan fingerprint density at radius 1 is 1.41 bits per heavy atom. The maximum Gasteiger partial charge on any atom is 0.317 e. The van der Waals surface area contributed by atoms with Gasteiger partial charge >= 0.3 is 5.97 Å². The van der Waals surface area contributed by atoms with Crippen molar-refractivity contribution in [2.75, 3.05) is 26.7 Å². The third kappa shape index (κ3) is 6.97. The molecule has 1 heterocycles. The number of carboxylic acids is 1. The average Bonchev–Trinajstić information content (AvgIpc) is 2.55. The van der Waals surface area contributed by atoms with E-state index in [0.717, 1.165) is 31.5 Å². The van der Waals surface area contributed by atoms with Crippen molar-refractivity contribution in [3.8, 4) is 5.75 Å². The molecule has 0 aliphatic carbocycles. The molecule has 0 aromatic heterocycles. The first-order chi connectivity index (χ1) is 12.3. The molecule has 0 saturated carbocycles. The standard InChI is InChI=1S/C18H27N3O5.ClH/c1-13(2)26-17-5-4-16(21(24)25)10-14(17)11-20-8-6-15(7-9-20)19(3)12-18(22)23;/h4-5,10,13,15H,6-9,11-12H2,1-3H3,(H,22,23);1H. The van der Waals surface area contributed by atoms with Crippen LogP contribution in [0.5, 0.6) is 5.75 Å². The fraction of sp³-hybridized carbons (Fsp3) is 0.611. The second-order valence-corrected chi connectivity index (χ2v) is 7.03. The van der Waals surface area contributed by atoms with Crippen molar-refractivity contribution in [3.05, 3.63) is 33.9 Å². The van der Waals surface area contributed by atoms with Crippen LogP contribution in [0.4, 0.5) is 5.69 Å². The lowest BCUT2D eigenvalue weighted by atomic mass is 10.0. The largest absolute Gasteiger partial charge is 0.491 e. The number of hydrogen-bond donors (Lipinski definition) is 1. The van der Waals surface area contributed by atoms with Gasteiger partial charge in [-0.2, -0.15) is 0 Å². The number of benzene rings is 1. The summed E-state index contributed by atoms with van der Waals surface area (Å²) in [4.78, 5) is 25.6. The van der Waals surface area contributed by atoms with E-state index in [9.17, 15) is 14.9 Å². The number of aliphatic carboxylic acids is 1. The van der Waals surface area contributed by atoms with Gasteiger partial charge in [-0.3, -0.25) is 24.7 Å². The Hall–Kier alpha value is -1.90. The van der Waals surface area contributed by atoms with E-state index in [4.69, 9.17) is 9.84 Å². The number of carboxylic acid groups (broad SMARTS) is 1. The van der Waals surface area contributed by atoms with E-state index in [1.54, 1.807) is 12.1 Å². The van der Waals surface area contributed by atoms with Gasteiger partial charge in [0.2, 0.25) is 0 Å². The number of hydrogen-bond acceptors (Lipinski definition) is 6. The fourth-order valence-corrected chi connectivity index (χ4v) is 3.27. The molecule has 0 spiro atoms. The minimum atomic E-state index is -0.818. The van der Waals surface area contributed by atoms with E-state index in [1.807, 2.05) is 25.8 Å². The third-order valence-corrected chi connectivity index (χ3v) is 4.58. The lowest BCUT2D eigenvalue weighted by molar-refractivity contribution is -0.385. The van der Waals surface area contributed by atoms with Crippen LogP contribution in [0, 0.1) is 10.1 Å². The molecule has 1 fully saturated rings. The highest BCUT2D eigenvalue weighted by Crippen LogP contribution is 2.28. The van der Waals surface area contributed by atoms with Crippen molar-refractivity contribution >= 4 is 24.1 Å². The molecule has 1 N–H and O–H groups in total. The molecule has 1 aliphatic heterocycles. The number of non-ortho nitro benzene ring substituents is 1. The van der Waals surface area contributed by atoms with Crippen molar-refractivity contribution in [3.63, 3.8) is 0 Å². The predicted molar refractivity (Wildman–Crippen MR) is 105 cm³/mol. The minimum Gasteiger partial charge on any atom is -0.491 e. The van der Waals surface area contributed by atoms with Gasteiger partial charge in [-0.15, -0.1) is 12.4 Å². The number of piperidine rings is 1. The van der Waals surface area contributed by atoms with Gasteiger partial charge in [-0.05, 0) is 52.9 Å². The number of carbonyl (C=O) groups is 1. The number of rotatable bonds is 8. The summed E-state index contributed by atoms with van der Waals surface area (Å²) in [5, 5.41) is 20.0. The minimum absolute atomic E-state index is 0. The normalized spacial score (nSPS) is 15.6. The number of likely N-dealkylation sites (tertiary alicyclic amines) is 1. The zero-order chi connectivity index (χ0) is 19.3. The molecule has 1 saturated heterocycles. The average molecular weight is 402 g/mol. The van der Waals surface area contributed by atoms with Gasteiger partial charge in [0.05, 0.1) is 17.6 Å². The molecule has 1 aromatic carbocycles. The van der Waals surface area contributed by atoms with Gasteiger partial charge < -0.3 is 9.84 Å². The van der Waals surface area contributed by atoms with Gasteiger partial charge in [0, 0.05) is 30.3 Å². The van der Waals surface area contributed by atoms with E-state index < -0.39 is 10.9 Å². The van der Waals surface area contributed by atoms with Crippen LogP contribution in [0.2, 0.25) is 0 Å². The predicted octanol–water partition coefficient (Wildman–Crippen LogP) is 2.78. The number of likely N-dealkylation sites (N-methyl/N-ethyl adjacent to an activating group) is 1. The molecule has 0 amide bonds. The molecule has 1 aromatic rings. The molecule has 0 atom stereocenters. The van der Waals surface area contributed by atoms with Crippen LogP contribution in [0.3, 0.4) is 0 Å². The number of nitro benzene ring substituents is 1. The topological polar surface area (TPSA) is 96.2 Å². The van der Waals surface area contributed by atoms with Crippen LogP contribution in [0.25, 0.3) is 0 Å². The molecular formula is C18H28ClN3O5. The Morgan fingerprint density at radius 2 is 2.04 bits per heavy atom. The van der Waals surface area contributed by atoms with Gasteiger partial charge in [0.25, 0.3) is 5.69 Å². The Morgan fingerprint density at radius 3 is 2.56 bits per heavy atom. The highest BCUT2D eigenvalue weighted by Gasteiger charge is 2.24. The van der Waals surface area contributed by atoms with Gasteiger partial charge in [0.1, 0.15) is 5.75 Å². The molecule has 0 radical (unpaired) electrons. The monoisotopic (exact) mass is 401 g/mol. The number of ether oxygens (including phenoxy) is 1. The smallest absolute Gasteiger partial charge is 0.317 e. The summed E-state index contributed by atoms with van der Waals surface area (Å²) in [6.45, 7) is 6.11. The molecule has 9 heteroatoms. The van der Waals surface area contributed by atoms with Crippen molar-refractivity contribution < 1.29 is 19.6 Å². The first-order valence-electron chi connectivity index (χ1n) is 8.84. The summed E-state index contributed by atoms with van der Waals surface area (Å²) in [6.07, 6.45) is 1.74. The SMILES string of the molecule is CC(C)Oc1ccc([N+](=O)[O-])cc1CN1CCC(N(C)CC(=O)O)CC1.Cl. The Labute approximate surface area is 165 Å². The van der Waals surface area contributed by atoms with Crippen LogP contribution in [0.1, 0.15) is 32.3 Å². The summed E-state index contributed by atoms with van der Waals surface area (Å²) in [6, 6.07) is 4.97. The lowest BCUT2D eigenvalue weighted by Crippen LogP contribution is -2.44. The fourth-order valence-electron chi connectivity index (χ4n) is 3.27. The zero-order valence-corrected chi connectivity index (χ0v) is 16.8. The number of nitro groups is 1.